The molecule has 0 atom stereocenters. The van der Waals surface area contributed by atoms with Crippen molar-refractivity contribution in [3.8, 4) is 5.75 Å². The standard InChI is InChI=1S/C16H14Br2O/c1-10-4-3-5-11(2)13(10)7-6-12-8-14(17)16(19)15(18)9-12/h3-9,19H,1-2H3/b7-6+. The molecule has 2 aromatic rings. The molecule has 0 aliphatic rings. The summed E-state index contributed by atoms with van der Waals surface area (Å²) >= 11 is 6.68. The number of aromatic hydroxyl groups is 1. The van der Waals surface area contributed by atoms with Gasteiger partial charge in [0.15, 0.2) is 0 Å². The van der Waals surface area contributed by atoms with Gasteiger partial charge in [-0.15, -0.1) is 0 Å². The second kappa shape index (κ2) is 5.93. The minimum Gasteiger partial charge on any atom is -0.506 e. The average molecular weight is 382 g/mol. The van der Waals surface area contributed by atoms with Crippen molar-refractivity contribution in [3.63, 3.8) is 0 Å². The summed E-state index contributed by atoms with van der Waals surface area (Å²) in [6.07, 6.45) is 4.15. The van der Waals surface area contributed by atoms with Crippen LogP contribution in [0.5, 0.6) is 5.75 Å². The zero-order chi connectivity index (χ0) is 14.0. The summed E-state index contributed by atoms with van der Waals surface area (Å²) < 4.78 is 1.37. The quantitative estimate of drug-likeness (QED) is 0.661. The molecule has 0 saturated carbocycles. The van der Waals surface area contributed by atoms with Crippen LogP contribution >= 0.6 is 31.9 Å². The van der Waals surface area contributed by atoms with Crippen molar-refractivity contribution in [2.45, 2.75) is 13.8 Å². The van der Waals surface area contributed by atoms with Gasteiger partial charge in [-0.1, -0.05) is 30.4 Å². The molecule has 2 rings (SSSR count). The molecule has 2 aromatic carbocycles. The first kappa shape index (κ1) is 14.4. The lowest BCUT2D eigenvalue weighted by molar-refractivity contribution is 0.468. The number of hydrogen-bond acceptors (Lipinski definition) is 1. The van der Waals surface area contributed by atoms with Crippen LogP contribution in [0.3, 0.4) is 0 Å². The van der Waals surface area contributed by atoms with Gasteiger partial charge in [-0.25, -0.2) is 0 Å². The lowest BCUT2D eigenvalue weighted by Crippen LogP contribution is -1.85. The van der Waals surface area contributed by atoms with E-state index in [2.05, 4.69) is 70.0 Å². The fourth-order valence-electron chi connectivity index (χ4n) is 1.95. The summed E-state index contributed by atoms with van der Waals surface area (Å²) in [6, 6.07) is 10.1. The molecule has 0 saturated heterocycles. The molecule has 0 fully saturated rings. The minimum absolute atomic E-state index is 0.226. The van der Waals surface area contributed by atoms with Crippen LogP contribution in [0.2, 0.25) is 0 Å². The normalized spacial score (nSPS) is 11.2. The third-order valence-corrected chi connectivity index (χ3v) is 4.23. The van der Waals surface area contributed by atoms with Gasteiger partial charge >= 0.3 is 0 Å². The van der Waals surface area contributed by atoms with E-state index in [1.807, 2.05) is 18.2 Å². The van der Waals surface area contributed by atoms with E-state index in [1.165, 1.54) is 16.7 Å². The zero-order valence-electron chi connectivity index (χ0n) is 10.7. The van der Waals surface area contributed by atoms with Gasteiger partial charge in [0.1, 0.15) is 5.75 Å². The molecule has 0 radical (unpaired) electrons. The maximum Gasteiger partial charge on any atom is 0.143 e. The molecular weight excluding hydrogens is 368 g/mol. The molecule has 0 aliphatic heterocycles. The minimum atomic E-state index is 0.226. The van der Waals surface area contributed by atoms with E-state index in [0.29, 0.717) is 8.95 Å². The highest BCUT2D eigenvalue weighted by Gasteiger charge is 2.04. The summed E-state index contributed by atoms with van der Waals surface area (Å²) in [5, 5.41) is 9.69. The molecule has 98 valence electrons. The number of aryl methyl sites for hydroxylation is 2. The van der Waals surface area contributed by atoms with Crippen LogP contribution < -0.4 is 0 Å². The molecular formula is C16H14Br2O. The third-order valence-electron chi connectivity index (χ3n) is 3.02. The highest BCUT2D eigenvalue weighted by molar-refractivity contribution is 9.11. The van der Waals surface area contributed by atoms with E-state index >= 15 is 0 Å². The molecule has 1 nitrogen and oxygen atoms in total. The van der Waals surface area contributed by atoms with Crippen molar-refractivity contribution in [3.05, 3.63) is 61.5 Å². The van der Waals surface area contributed by atoms with E-state index in [0.717, 1.165) is 5.56 Å². The highest BCUT2D eigenvalue weighted by Crippen LogP contribution is 2.34. The van der Waals surface area contributed by atoms with Crippen LogP contribution in [-0.4, -0.2) is 5.11 Å². The zero-order valence-corrected chi connectivity index (χ0v) is 13.9. The molecule has 0 unspecified atom stereocenters. The summed E-state index contributed by atoms with van der Waals surface area (Å²) in [4.78, 5) is 0. The molecule has 0 spiro atoms. The first-order valence-electron chi connectivity index (χ1n) is 5.91. The Kier molecular flexibility index (Phi) is 4.48. The van der Waals surface area contributed by atoms with Crippen LogP contribution in [0.15, 0.2) is 39.3 Å². The Hall–Kier alpha value is -1.06. The first-order chi connectivity index (χ1) is 8.99. The van der Waals surface area contributed by atoms with Crippen LogP contribution in [-0.2, 0) is 0 Å². The molecule has 0 heterocycles. The number of phenolic OH excluding ortho intramolecular Hbond substituents is 1. The van der Waals surface area contributed by atoms with Crippen molar-refractivity contribution in [1.29, 1.82) is 0 Å². The van der Waals surface area contributed by atoms with Gasteiger partial charge < -0.3 is 5.11 Å². The number of hydrogen-bond donors (Lipinski definition) is 1. The number of benzene rings is 2. The third kappa shape index (κ3) is 3.28. The van der Waals surface area contributed by atoms with Gasteiger partial charge in [-0.05, 0) is 80.1 Å². The Labute approximate surface area is 130 Å². The lowest BCUT2D eigenvalue weighted by atomic mass is 10.0. The van der Waals surface area contributed by atoms with Crippen molar-refractivity contribution in [1.82, 2.24) is 0 Å². The Morgan fingerprint density at radius 2 is 1.47 bits per heavy atom. The summed E-state index contributed by atoms with van der Waals surface area (Å²) in [5.74, 6) is 0.226. The predicted molar refractivity (Wildman–Crippen MR) is 88.4 cm³/mol. The van der Waals surface area contributed by atoms with Crippen molar-refractivity contribution in [2.75, 3.05) is 0 Å². The second-order valence-corrected chi connectivity index (χ2v) is 6.18. The van der Waals surface area contributed by atoms with Gasteiger partial charge in [0.2, 0.25) is 0 Å². The molecule has 19 heavy (non-hydrogen) atoms. The average Bonchev–Trinajstić information content (AvgIpc) is 2.35. The topological polar surface area (TPSA) is 20.2 Å². The van der Waals surface area contributed by atoms with Crippen LogP contribution in [0.4, 0.5) is 0 Å². The van der Waals surface area contributed by atoms with Gasteiger partial charge in [0.05, 0.1) is 8.95 Å². The van der Waals surface area contributed by atoms with Crippen LogP contribution in [0.1, 0.15) is 22.3 Å². The summed E-state index contributed by atoms with van der Waals surface area (Å²) in [5.41, 5.74) is 4.78. The van der Waals surface area contributed by atoms with Crippen molar-refractivity contribution in [2.24, 2.45) is 0 Å². The van der Waals surface area contributed by atoms with E-state index in [1.54, 1.807) is 0 Å². The van der Waals surface area contributed by atoms with Crippen molar-refractivity contribution >= 4 is 44.0 Å². The fourth-order valence-corrected chi connectivity index (χ4v) is 3.17. The molecule has 0 aliphatic carbocycles. The monoisotopic (exact) mass is 380 g/mol. The summed E-state index contributed by atoms with van der Waals surface area (Å²) in [6.45, 7) is 4.21. The molecule has 3 heteroatoms. The first-order valence-corrected chi connectivity index (χ1v) is 7.50. The van der Waals surface area contributed by atoms with E-state index in [9.17, 15) is 5.11 Å². The second-order valence-electron chi connectivity index (χ2n) is 4.47. The van der Waals surface area contributed by atoms with E-state index in [4.69, 9.17) is 0 Å². The maximum atomic E-state index is 9.69. The Morgan fingerprint density at radius 1 is 0.947 bits per heavy atom. The predicted octanol–water partition coefficient (Wildman–Crippen LogP) is 5.70. The lowest BCUT2D eigenvalue weighted by Gasteiger charge is -2.05. The van der Waals surface area contributed by atoms with Gasteiger partial charge in [-0.2, -0.15) is 0 Å². The fraction of sp³-hybridized carbons (Fsp3) is 0.125. The number of halogens is 2. The van der Waals surface area contributed by atoms with Crippen molar-refractivity contribution < 1.29 is 5.11 Å². The number of phenols is 1. The molecule has 1 N–H and O–H groups in total. The van der Waals surface area contributed by atoms with Gasteiger partial charge in [0, 0.05) is 0 Å². The number of rotatable bonds is 2. The van der Waals surface area contributed by atoms with Crippen LogP contribution in [0, 0.1) is 13.8 Å². The molecule has 0 amide bonds. The SMILES string of the molecule is Cc1cccc(C)c1/C=C/c1cc(Br)c(O)c(Br)c1. The Morgan fingerprint density at radius 3 is 2.00 bits per heavy atom. The van der Waals surface area contributed by atoms with E-state index < -0.39 is 0 Å². The van der Waals surface area contributed by atoms with E-state index in [-0.39, 0.29) is 5.75 Å². The van der Waals surface area contributed by atoms with Gasteiger partial charge in [0.25, 0.3) is 0 Å². The molecule has 0 bridgehead atoms. The van der Waals surface area contributed by atoms with Crippen LogP contribution in [0.25, 0.3) is 12.2 Å². The smallest absolute Gasteiger partial charge is 0.143 e. The van der Waals surface area contributed by atoms with Gasteiger partial charge in [-0.3, -0.25) is 0 Å². The molecule has 0 aromatic heterocycles. The Bertz CT molecular complexity index is 602. The summed E-state index contributed by atoms with van der Waals surface area (Å²) in [7, 11) is 0. The highest BCUT2D eigenvalue weighted by atomic mass is 79.9. The largest absolute Gasteiger partial charge is 0.506 e. The maximum absolute atomic E-state index is 9.69. The Balaban J connectivity index is 2.38.